The fraction of sp³-hybridized carbons (Fsp3) is 0.500. The van der Waals surface area contributed by atoms with Gasteiger partial charge in [0.1, 0.15) is 18.1 Å². The number of hydrogen-bond donors (Lipinski definition) is 1. The molecule has 23 heavy (non-hydrogen) atoms. The third kappa shape index (κ3) is 4.64. The Balaban J connectivity index is 1.44. The number of nitrogens with zero attached hydrogens (tertiary/aromatic N) is 3. The van der Waals surface area contributed by atoms with Gasteiger partial charge in [-0.2, -0.15) is 0 Å². The van der Waals surface area contributed by atoms with Crippen LogP contribution in [0.1, 0.15) is 23.5 Å². The van der Waals surface area contributed by atoms with E-state index in [9.17, 15) is 0 Å². The summed E-state index contributed by atoms with van der Waals surface area (Å²) in [5, 5.41) is 9.06. The Bertz CT molecular complexity index is 599. The van der Waals surface area contributed by atoms with Gasteiger partial charge in [0.05, 0.1) is 6.54 Å². The van der Waals surface area contributed by atoms with Gasteiger partial charge < -0.3 is 14.4 Å². The van der Waals surface area contributed by atoms with Crippen molar-refractivity contribution in [1.29, 1.82) is 0 Å². The summed E-state index contributed by atoms with van der Waals surface area (Å²) < 4.78 is 5.58. The molecule has 1 N–H and O–H groups in total. The average molecular weight is 315 g/mol. The van der Waals surface area contributed by atoms with E-state index < -0.39 is 0 Å². The van der Waals surface area contributed by atoms with Crippen LogP contribution in [-0.4, -0.2) is 46.6 Å². The number of aromatic nitrogens is 1. The van der Waals surface area contributed by atoms with Gasteiger partial charge in [0, 0.05) is 32.0 Å². The van der Waals surface area contributed by atoms with Gasteiger partial charge in [-0.25, -0.2) is 0 Å². The molecule has 0 aromatic carbocycles. The van der Waals surface area contributed by atoms with Crippen LogP contribution in [0.3, 0.4) is 0 Å². The van der Waals surface area contributed by atoms with Gasteiger partial charge >= 0.3 is 0 Å². The molecule has 5 heteroatoms. The molecule has 3 rings (SSSR count). The molecule has 1 saturated heterocycles. The first-order valence-corrected chi connectivity index (χ1v) is 8.21. The predicted molar refractivity (Wildman–Crippen MR) is 88.6 cm³/mol. The van der Waals surface area contributed by atoms with Crippen molar-refractivity contribution >= 4 is 0 Å². The molecular weight excluding hydrogens is 290 g/mol. The molecule has 0 amide bonds. The number of rotatable bonds is 7. The predicted octanol–water partition coefficient (Wildman–Crippen LogP) is 2.12. The molecule has 0 spiro atoms. The average Bonchev–Trinajstić information content (AvgIpc) is 3.18. The first kappa shape index (κ1) is 16.2. The molecule has 124 valence electrons. The smallest absolute Gasteiger partial charge is 0.129 e. The molecule has 2 aromatic rings. The summed E-state index contributed by atoms with van der Waals surface area (Å²) in [5.74, 6) is 2.29. The Morgan fingerprint density at radius 2 is 2.22 bits per heavy atom. The zero-order chi connectivity index (χ0) is 16.1. The van der Waals surface area contributed by atoms with E-state index >= 15 is 0 Å². The Hall–Kier alpha value is -1.69. The van der Waals surface area contributed by atoms with Crippen LogP contribution < -0.4 is 0 Å². The quantitative estimate of drug-likeness (QED) is 0.848. The van der Waals surface area contributed by atoms with Gasteiger partial charge in [-0.05, 0) is 49.7 Å². The van der Waals surface area contributed by atoms with E-state index in [1.807, 2.05) is 30.6 Å². The fourth-order valence-electron chi connectivity index (χ4n) is 3.33. The minimum absolute atomic E-state index is 0.0260. The largest absolute Gasteiger partial charge is 0.462 e. The summed E-state index contributed by atoms with van der Waals surface area (Å²) in [5.41, 5.74) is 1.26. The maximum atomic E-state index is 9.06. The van der Waals surface area contributed by atoms with Crippen LogP contribution in [0.4, 0.5) is 0 Å². The van der Waals surface area contributed by atoms with Crippen molar-refractivity contribution < 1.29 is 9.52 Å². The third-order valence-corrected chi connectivity index (χ3v) is 4.37. The molecule has 0 saturated carbocycles. The number of hydrogen-bond acceptors (Lipinski definition) is 5. The standard InChI is InChI=1S/C18H25N3O2/c1-20(10-15-3-2-7-19-9-15)11-16-6-8-21(12-16)13-17-4-5-18(14-22)23-17/h2-5,7,9,16,22H,6,8,10-14H2,1H3/t16-/m0/s1. The fourth-order valence-corrected chi connectivity index (χ4v) is 3.33. The molecule has 0 unspecified atom stereocenters. The van der Waals surface area contributed by atoms with E-state index in [1.165, 1.54) is 12.0 Å². The maximum Gasteiger partial charge on any atom is 0.129 e. The lowest BCUT2D eigenvalue weighted by Gasteiger charge is -2.21. The minimum atomic E-state index is -0.0260. The van der Waals surface area contributed by atoms with Gasteiger partial charge in [-0.3, -0.25) is 9.88 Å². The molecular formula is C18H25N3O2. The van der Waals surface area contributed by atoms with Crippen LogP contribution in [0.5, 0.6) is 0 Å². The molecule has 1 fully saturated rings. The van der Waals surface area contributed by atoms with Crippen LogP contribution >= 0.6 is 0 Å². The maximum absolute atomic E-state index is 9.06. The van der Waals surface area contributed by atoms with Gasteiger partial charge in [0.15, 0.2) is 0 Å². The summed E-state index contributed by atoms with van der Waals surface area (Å²) in [6.07, 6.45) is 4.98. The highest BCUT2D eigenvalue weighted by Gasteiger charge is 2.24. The minimum Gasteiger partial charge on any atom is -0.462 e. The molecule has 5 nitrogen and oxygen atoms in total. The summed E-state index contributed by atoms with van der Waals surface area (Å²) in [7, 11) is 2.18. The first-order chi connectivity index (χ1) is 11.2. The molecule has 0 radical (unpaired) electrons. The van der Waals surface area contributed by atoms with Gasteiger partial charge in [0.25, 0.3) is 0 Å². The molecule has 1 aliphatic heterocycles. The van der Waals surface area contributed by atoms with Crippen LogP contribution in [-0.2, 0) is 19.7 Å². The highest BCUT2D eigenvalue weighted by atomic mass is 16.4. The second kappa shape index (κ2) is 7.73. The van der Waals surface area contributed by atoms with Crippen LogP contribution in [0, 0.1) is 5.92 Å². The summed E-state index contributed by atoms with van der Waals surface area (Å²) in [6.45, 7) is 5.07. The SMILES string of the molecule is CN(Cc1cccnc1)C[C@@H]1CCN(Cc2ccc(CO)o2)C1. The van der Waals surface area contributed by atoms with Crippen molar-refractivity contribution in [1.82, 2.24) is 14.8 Å². The molecule has 0 bridgehead atoms. The Kier molecular flexibility index (Phi) is 5.43. The van der Waals surface area contributed by atoms with Gasteiger partial charge in [-0.15, -0.1) is 0 Å². The molecule has 1 atom stereocenters. The lowest BCUT2D eigenvalue weighted by molar-refractivity contribution is 0.225. The lowest BCUT2D eigenvalue weighted by Crippen LogP contribution is -2.28. The van der Waals surface area contributed by atoms with Crippen molar-refractivity contribution in [2.24, 2.45) is 5.92 Å². The Labute approximate surface area is 137 Å². The van der Waals surface area contributed by atoms with E-state index in [2.05, 4.69) is 27.9 Å². The number of likely N-dealkylation sites (tertiary alicyclic amines) is 1. The molecule has 0 aliphatic carbocycles. The first-order valence-electron chi connectivity index (χ1n) is 8.21. The van der Waals surface area contributed by atoms with Gasteiger partial charge in [-0.1, -0.05) is 6.07 Å². The van der Waals surface area contributed by atoms with E-state index in [0.29, 0.717) is 11.7 Å². The zero-order valence-corrected chi connectivity index (χ0v) is 13.7. The van der Waals surface area contributed by atoms with E-state index in [-0.39, 0.29) is 6.61 Å². The molecule has 1 aliphatic rings. The van der Waals surface area contributed by atoms with Crippen molar-refractivity contribution in [3.8, 4) is 0 Å². The Morgan fingerprint density at radius 3 is 2.96 bits per heavy atom. The summed E-state index contributed by atoms with van der Waals surface area (Å²) in [4.78, 5) is 8.98. The van der Waals surface area contributed by atoms with Crippen molar-refractivity contribution in [2.45, 2.75) is 26.1 Å². The monoisotopic (exact) mass is 315 g/mol. The van der Waals surface area contributed by atoms with Crippen LogP contribution in [0.2, 0.25) is 0 Å². The number of pyridine rings is 1. The van der Waals surface area contributed by atoms with E-state index in [0.717, 1.165) is 38.5 Å². The lowest BCUT2D eigenvalue weighted by atomic mass is 10.1. The second-order valence-corrected chi connectivity index (χ2v) is 6.47. The Morgan fingerprint density at radius 1 is 1.35 bits per heavy atom. The van der Waals surface area contributed by atoms with E-state index in [4.69, 9.17) is 9.52 Å². The van der Waals surface area contributed by atoms with Gasteiger partial charge in [0.2, 0.25) is 0 Å². The third-order valence-electron chi connectivity index (χ3n) is 4.37. The molecule has 3 heterocycles. The van der Waals surface area contributed by atoms with Crippen molar-refractivity contribution in [3.63, 3.8) is 0 Å². The topological polar surface area (TPSA) is 52.7 Å². The molecule has 2 aromatic heterocycles. The summed E-state index contributed by atoms with van der Waals surface area (Å²) >= 11 is 0. The van der Waals surface area contributed by atoms with Crippen LogP contribution in [0.15, 0.2) is 41.1 Å². The second-order valence-electron chi connectivity index (χ2n) is 6.47. The van der Waals surface area contributed by atoms with E-state index in [1.54, 1.807) is 0 Å². The number of aliphatic hydroxyl groups is 1. The highest BCUT2D eigenvalue weighted by molar-refractivity contribution is 5.08. The highest BCUT2D eigenvalue weighted by Crippen LogP contribution is 2.21. The van der Waals surface area contributed by atoms with Crippen LogP contribution in [0.25, 0.3) is 0 Å². The normalized spacial score (nSPS) is 18.8. The van der Waals surface area contributed by atoms with Crippen molar-refractivity contribution in [3.05, 3.63) is 53.7 Å². The number of furan rings is 1. The number of aliphatic hydroxyl groups excluding tert-OH is 1. The van der Waals surface area contributed by atoms with Crippen molar-refractivity contribution in [2.75, 3.05) is 26.7 Å². The summed E-state index contributed by atoms with van der Waals surface area (Å²) in [6, 6.07) is 7.93. The zero-order valence-electron chi connectivity index (χ0n) is 13.7.